The molecule has 0 aliphatic carbocycles. The quantitative estimate of drug-likeness (QED) is 0.880. The van der Waals surface area contributed by atoms with Crippen LogP contribution in [0.25, 0.3) is 5.13 Å². The molecule has 2 aromatic heterocycles. The molecule has 3 heterocycles. The van der Waals surface area contributed by atoms with Crippen molar-refractivity contribution in [3.05, 3.63) is 35.1 Å². The predicted octanol–water partition coefficient (Wildman–Crippen LogP) is 0.861. The Bertz CT molecular complexity index is 647. The van der Waals surface area contributed by atoms with E-state index in [2.05, 4.69) is 15.6 Å². The molecule has 7 heteroatoms. The molecule has 0 aromatic carbocycles. The lowest BCUT2D eigenvalue weighted by atomic mass is 10.2. The zero-order valence-electron chi connectivity index (χ0n) is 10.9. The number of thiazole rings is 1. The Morgan fingerprint density at radius 3 is 2.90 bits per heavy atom. The number of amides is 2. The van der Waals surface area contributed by atoms with E-state index in [1.165, 1.54) is 11.3 Å². The number of rotatable bonds is 3. The van der Waals surface area contributed by atoms with Crippen LogP contribution in [0.1, 0.15) is 21.8 Å². The maximum Gasteiger partial charge on any atom is 0.263 e. The van der Waals surface area contributed by atoms with E-state index in [4.69, 9.17) is 0 Å². The summed E-state index contributed by atoms with van der Waals surface area (Å²) in [5.41, 5.74) is 0.702. The molecule has 1 fully saturated rings. The molecule has 2 amide bonds. The van der Waals surface area contributed by atoms with E-state index in [0.717, 1.165) is 5.13 Å². The second kappa shape index (κ2) is 5.09. The summed E-state index contributed by atoms with van der Waals surface area (Å²) in [6.07, 6.45) is 4.12. The van der Waals surface area contributed by atoms with Gasteiger partial charge >= 0.3 is 0 Å². The van der Waals surface area contributed by atoms with Gasteiger partial charge in [-0.2, -0.15) is 0 Å². The molecule has 1 saturated heterocycles. The second-order valence-corrected chi connectivity index (χ2v) is 5.66. The van der Waals surface area contributed by atoms with Crippen LogP contribution in [0.2, 0.25) is 0 Å². The average Bonchev–Trinajstić information content (AvgIpc) is 3.09. The molecular formula is C13H14N4O2S. The molecule has 6 nitrogen and oxygen atoms in total. The van der Waals surface area contributed by atoms with Gasteiger partial charge in [0.25, 0.3) is 5.91 Å². The van der Waals surface area contributed by atoms with Crippen molar-refractivity contribution >= 4 is 23.2 Å². The first-order valence-corrected chi connectivity index (χ1v) is 7.13. The van der Waals surface area contributed by atoms with E-state index < -0.39 is 0 Å². The Morgan fingerprint density at radius 1 is 1.50 bits per heavy atom. The first-order valence-electron chi connectivity index (χ1n) is 6.32. The lowest BCUT2D eigenvalue weighted by Crippen LogP contribution is -2.36. The average molecular weight is 290 g/mol. The molecule has 2 aromatic rings. The first kappa shape index (κ1) is 12.9. The number of aromatic nitrogens is 2. The summed E-state index contributed by atoms with van der Waals surface area (Å²) in [6.45, 7) is 2.31. The van der Waals surface area contributed by atoms with Crippen molar-refractivity contribution in [3.8, 4) is 5.13 Å². The van der Waals surface area contributed by atoms with Gasteiger partial charge in [-0.3, -0.25) is 9.59 Å². The van der Waals surface area contributed by atoms with Gasteiger partial charge in [0.05, 0.1) is 11.7 Å². The Kier molecular flexibility index (Phi) is 3.27. The number of aryl methyl sites for hydroxylation is 1. The highest BCUT2D eigenvalue weighted by molar-refractivity contribution is 7.16. The summed E-state index contributed by atoms with van der Waals surface area (Å²) in [5.74, 6) is -0.190. The molecular weight excluding hydrogens is 276 g/mol. The second-order valence-electron chi connectivity index (χ2n) is 4.68. The van der Waals surface area contributed by atoms with Gasteiger partial charge in [-0.15, -0.1) is 0 Å². The van der Waals surface area contributed by atoms with Crippen LogP contribution in [0.3, 0.4) is 0 Å². The number of carbonyl (C=O) groups excluding carboxylic acids is 2. The molecule has 0 unspecified atom stereocenters. The molecule has 3 rings (SSSR count). The summed E-state index contributed by atoms with van der Waals surface area (Å²) in [4.78, 5) is 28.3. The van der Waals surface area contributed by atoms with E-state index in [-0.39, 0.29) is 17.9 Å². The van der Waals surface area contributed by atoms with E-state index in [1.807, 2.05) is 36.0 Å². The standard InChI is InChI=1S/C13H14N4O2S/c1-8-11(12(19)16-9-6-10(18)14-7-9)20-13(15-8)17-4-2-3-5-17/h2-5,9H,6-7H2,1H3,(H,14,18)(H,16,19)/t9-/m1/s1. The highest BCUT2D eigenvalue weighted by Gasteiger charge is 2.25. The van der Waals surface area contributed by atoms with E-state index in [1.54, 1.807) is 0 Å². The maximum atomic E-state index is 12.2. The fraction of sp³-hybridized carbons (Fsp3) is 0.308. The summed E-state index contributed by atoms with van der Waals surface area (Å²) in [5, 5.41) is 6.32. The predicted molar refractivity (Wildman–Crippen MR) is 75.1 cm³/mol. The Balaban J connectivity index is 1.76. The third-order valence-corrected chi connectivity index (χ3v) is 4.30. The van der Waals surface area contributed by atoms with E-state index in [0.29, 0.717) is 23.5 Å². The summed E-state index contributed by atoms with van der Waals surface area (Å²) < 4.78 is 1.87. The van der Waals surface area contributed by atoms with Crippen LogP contribution in [-0.4, -0.2) is 34.0 Å². The fourth-order valence-corrected chi connectivity index (χ4v) is 3.06. The van der Waals surface area contributed by atoms with Crippen LogP contribution >= 0.6 is 11.3 Å². The van der Waals surface area contributed by atoms with Crippen molar-refractivity contribution in [3.63, 3.8) is 0 Å². The van der Waals surface area contributed by atoms with Crippen molar-refractivity contribution in [1.29, 1.82) is 0 Å². The number of nitrogens with zero attached hydrogens (tertiary/aromatic N) is 2. The van der Waals surface area contributed by atoms with Gasteiger partial charge in [0, 0.05) is 25.4 Å². The summed E-state index contributed by atoms with van der Waals surface area (Å²) in [7, 11) is 0. The van der Waals surface area contributed by atoms with Crippen molar-refractivity contribution in [2.45, 2.75) is 19.4 Å². The minimum Gasteiger partial charge on any atom is -0.354 e. The minimum atomic E-state index is -0.167. The number of carbonyl (C=O) groups is 2. The Hall–Kier alpha value is -2.15. The van der Waals surface area contributed by atoms with E-state index in [9.17, 15) is 9.59 Å². The van der Waals surface area contributed by atoms with Gasteiger partial charge in [-0.05, 0) is 19.1 Å². The van der Waals surface area contributed by atoms with Crippen LogP contribution in [0, 0.1) is 6.92 Å². The largest absolute Gasteiger partial charge is 0.354 e. The van der Waals surface area contributed by atoms with Gasteiger partial charge in [-0.1, -0.05) is 11.3 Å². The minimum absolute atomic E-state index is 0.0237. The summed E-state index contributed by atoms with van der Waals surface area (Å²) >= 11 is 1.34. The molecule has 104 valence electrons. The SMILES string of the molecule is Cc1nc(-n2cccc2)sc1C(=O)N[C@H]1CNC(=O)C1. The molecule has 1 aliphatic heterocycles. The van der Waals surface area contributed by atoms with Crippen LogP contribution in [0.15, 0.2) is 24.5 Å². The number of hydrogen-bond donors (Lipinski definition) is 2. The molecule has 0 spiro atoms. The van der Waals surface area contributed by atoms with Crippen molar-refractivity contribution in [2.75, 3.05) is 6.54 Å². The molecule has 1 atom stereocenters. The Labute approximate surface area is 119 Å². The zero-order valence-corrected chi connectivity index (χ0v) is 11.7. The van der Waals surface area contributed by atoms with Crippen LogP contribution in [0.4, 0.5) is 0 Å². The number of hydrogen-bond acceptors (Lipinski definition) is 4. The smallest absolute Gasteiger partial charge is 0.263 e. The van der Waals surface area contributed by atoms with Gasteiger partial charge in [0.1, 0.15) is 4.88 Å². The zero-order chi connectivity index (χ0) is 14.1. The number of nitrogens with one attached hydrogen (secondary N) is 2. The summed E-state index contributed by atoms with van der Waals surface area (Å²) in [6, 6.07) is 3.69. The highest BCUT2D eigenvalue weighted by Crippen LogP contribution is 2.21. The fourth-order valence-electron chi connectivity index (χ4n) is 2.12. The molecule has 20 heavy (non-hydrogen) atoms. The third-order valence-electron chi connectivity index (χ3n) is 3.13. The highest BCUT2D eigenvalue weighted by atomic mass is 32.1. The van der Waals surface area contributed by atoms with Gasteiger partial charge < -0.3 is 15.2 Å². The Morgan fingerprint density at radius 2 is 2.25 bits per heavy atom. The lowest BCUT2D eigenvalue weighted by molar-refractivity contribution is -0.119. The van der Waals surface area contributed by atoms with Gasteiger partial charge in [-0.25, -0.2) is 4.98 Å². The molecule has 1 aliphatic rings. The van der Waals surface area contributed by atoms with Crippen LogP contribution in [-0.2, 0) is 4.79 Å². The van der Waals surface area contributed by atoms with Gasteiger partial charge in [0.2, 0.25) is 5.91 Å². The van der Waals surface area contributed by atoms with Crippen molar-refractivity contribution in [2.24, 2.45) is 0 Å². The van der Waals surface area contributed by atoms with E-state index >= 15 is 0 Å². The first-order chi connectivity index (χ1) is 9.63. The molecule has 0 saturated carbocycles. The van der Waals surface area contributed by atoms with Gasteiger partial charge in [0.15, 0.2) is 5.13 Å². The maximum absolute atomic E-state index is 12.2. The third kappa shape index (κ3) is 2.44. The van der Waals surface area contributed by atoms with Crippen molar-refractivity contribution in [1.82, 2.24) is 20.2 Å². The van der Waals surface area contributed by atoms with Crippen LogP contribution < -0.4 is 10.6 Å². The lowest BCUT2D eigenvalue weighted by Gasteiger charge is -2.08. The molecule has 2 N–H and O–H groups in total. The molecule has 0 bridgehead atoms. The topological polar surface area (TPSA) is 76.0 Å². The normalized spacial score (nSPS) is 18.1. The monoisotopic (exact) mass is 290 g/mol. The van der Waals surface area contributed by atoms with Crippen molar-refractivity contribution < 1.29 is 9.59 Å². The van der Waals surface area contributed by atoms with Crippen LogP contribution in [0.5, 0.6) is 0 Å². The molecule has 0 radical (unpaired) electrons.